The number of aliphatic hydroxyl groups is 5. The fraction of sp³-hybridized carbons (Fsp3) is 0.529. The molecule has 3 aliphatic carbocycles. The first-order chi connectivity index (χ1) is 41.2. The van der Waals surface area contributed by atoms with E-state index < -0.39 is 76.8 Å². The predicted octanol–water partition coefficient (Wildman–Crippen LogP) is 7.09. The van der Waals surface area contributed by atoms with E-state index in [2.05, 4.69) is 39.4 Å². The second kappa shape index (κ2) is 28.3. The van der Waals surface area contributed by atoms with E-state index in [-0.39, 0.29) is 69.5 Å². The number of amides is 1. The number of carbonyl (C=O) groups is 2. The van der Waals surface area contributed by atoms with E-state index in [1.807, 2.05) is 87.5 Å². The lowest BCUT2D eigenvalue weighted by Crippen LogP contribution is -2.59. The number of allylic oxidation sites excluding steroid dienone is 5. The normalized spacial score (nSPS) is 31.6. The number of Topliss-reactive ketones (excluding diaryl/α,β-unsaturated/α-hetero) is 1. The fourth-order valence-electron chi connectivity index (χ4n) is 15.1. The number of aliphatic hydroxyl groups excluding tert-OH is 3. The highest BCUT2D eigenvalue weighted by molar-refractivity contribution is 5.98. The Balaban J connectivity index is 1.09. The van der Waals surface area contributed by atoms with Gasteiger partial charge in [0.05, 0.1) is 30.5 Å². The van der Waals surface area contributed by atoms with E-state index in [4.69, 9.17) is 21.9 Å². The first-order valence-electron chi connectivity index (χ1n) is 31.2. The van der Waals surface area contributed by atoms with Crippen molar-refractivity contribution in [2.45, 2.75) is 171 Å². The van der Waals surface area contributed by atoms with Crippen LogP contribution in [0.4, 0.5) is 0 Å². The highest BCUT2D eigenvalue weighted by Crippen LogP contribution is 2.63. The molecule has 86 heavy (non-hydrogen) atoms. The molecule has 9 rings (SSSR count). The number of hydrogen-bond donors (Lipinski definition) is 12. The van der Waals surface area contributed by atoms with Crippen molar-refractivity contribution in [3.63, 3.8) is 0 Å². The van der Waals surface area contributed by atoms with Gasteiger partial charge in [-0.15, -0.1) is 0 Å². The van der Waals surface area contributed by atoms with Crippen LogP contribution in [0.25, 0.3) is 0 Å². The highest BCUT2D eigenvalue weighted by Gasteiger charge is 2.64. The Bertz CT molecular complexity index is 3150. The second-order valence-electron chi connectivity index (χ2n) is 25.8. The first kappa shape index (κ1) is 64.2. The molecule has 1 spiro atoms. The average molecular weight is 1180 g/mol. The summed E-state index contributed by atoms with van der Waals surface area (Å²) < 4.78 is 6.28. The number of guanidine groups is 1. The van der Waals surface area contributed by atoms with E-state index in [0.29, 0.717) is 85.2 Å². The highest BCUT2D eigenvalue weighted by atomic mass is 16.5. The summed E-state index contributed by atoms with van der Waals surface area (Å²) in [5.74, 6) is 4.13. The minimum atomic E-state index is -1.41. The fourth-order valence-corrected chi connectivity index (χ4v) is 15.1. The molecule has 16 heteroatoms. The summed E-state index contributed by atoms with van der Waals surface area (Å²) in [6.45, 7) is 11.1. The van der Waals surface area contributed by atoms with Crippen molar-refractivity contribution in [2.24, 2.45) is 51.3 Å². The number of ketones is 1. The number of aromatic hydroxyl groups is 1. The molecule has 3 aromatic rings. The van der Waals surface area contributed by atoms with Gasteiger partial charge < -0.3 is 57.9 Å². The molecule has 3 heterocycles. The van der Waals surface area contributed by atoms with Crippen molar-refractivity contribution in [1.82, 2.24) is 16.0 Å². The third kappa shape index (κ3) is 14.7. The molecule has 0 radical (unpaired) electrons. The Morgan fingerprint density at radius 2 is 1.67 bits per heavy atom. The minimum absolute atomic E-state index is 0.0636. The van der Waals surface area contributed by atoms with Gasteiger partial charge in [0, 0.05) is 56.1 Å². The van der Waals surface area contributed by atoms with Crippen molar-refractivity contribution < 1.29 is 45.0 Å². The maximum Gasteiger partial charge on any atom is 0.243 e. The van der Waals surface area contributed by atoms with E-state index in [0.717, 1.165) is 46.3 Å². The summed E-state index contributed by atoms with van der Waals surface area (Å²) in [6, 6.07) is 19.1. The van der Waals surface area contributed by atoms with Gasteiger partial charge in [-0.3, -0.25) is 25.2 Å². The summed E-state index contributed by atoms with van der Waals surface area (Å²) in [5.41, 5.74) is 22.5. The number of nitrogens with one attached hydrogen (secondary N) is 3. The van der Waals surface area contributed by atoms with Crippen LogP contribution in [0.15, 0.2) is 130 Å². The minimum Gasteiger partial charge on any atom is -0.508 e. The molecule has 2 bridgehead atoms. The van der Waals surface area contributed by atoms with Gasteiger partial charge in [0.25, 0.3) is 0 Å². The average Bonchev–Trinajstić information content (AvgIpc) is 1.46. The van der Waals surface area contributed by atoms with Gasteiger partial charge in [0.1, 0.15) is 30.3 Å². The molecule has 3 saturated carbocycles. The Kier molecular flexibility index (Phi) is 21.1. The van der Waals surface area contributed by atoms with E-state index in [1.165, 1.54) is 19.3 Å². The van der Waals surface area contributed by atoms with Crippen molar-refractivity contribution >= 4 is 17.6 Å². The summed E-state index contributed by atoms with van der Waals surface area (Å²) in [5, 5.41) is 83.5. The van der Waals surface area contributed by atoms with Crippen LogP contribution in [-0.2, 0) is 33.6 Å². The summed E-state index contributed by atoms with van der Waals surface area (Å²) in [6.07, 6.45) is 13.1. The van der Waals surface area contributed by atoms with Crippen LogP contribution in [-0.4, -0.2) is 111 Å². The van der Waals surface area contributed by atoms with Gasteiger partial charge in [-0.2, -0.15) is 0 Å². The molecule has 15 N–H and O–H groups in total. The molecule has 16 nitrogen and oxygen atoms in total. The Morgan fingerprint density at radius 3 is 2.43 bits per heavy atom. The van der Waals surface area contributed by atoms with Crippen LogP contribution >= 0.6 is 0 Å². The van der Waals surface area contributed by atoms with Crippen LogP contribution in [0, 0.1) is 40.9 Å². The van der Waals surface area contributed by atoms with Crippen molar-refractivity contribution in [3.05, 3.63) is 159 Å². The summed E-state index contributed by atoms with van der Waals surface area (Å²) >= 11 is 0. The molecule has 462 valence electrons. The number of phenols is 1. The molecule has 1 amide bonds. The number of aliphatic imine (C=N–C) groups is 1. The predicted molar refractivity (Wildman–Crippen MR) is 336 cm³/mol. The molecule has 12 atom stereocenters. The monoisotopic (exact) mass is 1180 g/mol. The molecular formula is C70H93N7O9. The molecule has 3 aromatic carbocycles. The lowest BCUT2D eigenvalue weighted by Gasteiger charge is -2.56. The zero-order chi connectivity index (χ0) is 61.3. The first-order valence-corrected chi connectivity index (χ1v) is 31.2. The number of carbonyl (C=O) groups excluding carboxylic acids is 2. The van der Waals surface area contributed by atoms with Crippen molar-refractivity contribution in [1.29, 1.82) is 0 Å². The van der Waals surface area contributed by atoms with Gasteiger partial charge in [-0.25, -0.2) is 0 Å². The van der Waals surface area contributed by atoms with Crippen LogP contribution in [0.3, 0.4) is 0 Å². The second-order valence-corrected chi connectivity index (χ2v) is 25.8. The quantitative estimate of drug-likeness (QED) is 0.0353. The molecule has 3 aliphatic heterocycles. The van der Waals surface area contributed by atoms with Crippen LogP contribution < -0.4 is 33.2 Å². The molecular weight excluding hydrogens is 1080 g/mol. The number of fused-ring (bicyclic) bond motifs is 4. The third-order valence-corrected chi connectivity index (χ3v) is 20.1. The number of nitrogens with two attached hydrogens (primary N) is 3. The van der Waals surface area contributed by atoms with E-state index >= 15 is 4.79 Å². The number of nitrogens with zero attached hydrogens (tertiary/aromatic N) is 1. The van der Waals surface area contributed by atoms with Gasteiger partial charge in [-0.05, 0) is 165 Å². The standard InChI is InChI=1S/C70H93N7O9/c1-43-13-8-9-34-86-42-51(20-10-14-44(2)70(85,33-28-43)76-39-46-15-6-5-7-16-46)55-30-32-69(64(55)82)59-27-26-53(79)36-47-17-11-18-48(35-47)37-57(58(40-75-67(72)73)49-22-24-52(78)25-23-49)61(81)41-74-63-62-50(19-12-21-56(62)65(71)77-66(63)83)38-60(80)45(3)54(59)29-31-68(69,4)84/h10-12,14,17-25,28,35,46,53,55,57-59,61,63-65,74,76,78-79,81-82,84-85H,2,5-7,13,15-16,26-27,29-34,36-42,71H2,1,3-4H3,(H,77,83)(H4,72,73,75). The number of hydrogen-bond acceptors (Lipinski definition) is 13. The Hall–Kier alpha value is -6.23. The molecule has 6 aliphatic rings. The van der Waals surface area contributed by atoms with E-state index in [9.17, 15) is 35.4 Å². The van der Waals surface area contributed by atoms with Crippen LogP contribution in [0.5, 0.6) is 5.75 Å². The number of benzene rings is 3. The maximum atomic E-state index is 15.3. The Morgan fingerprint density at radius 1 is 0.930 bits per heavy atom. The van der Waals surface area contributed by atoms with Crippen molar-refractivity contribution in [3.8, 4) is 17.6 Å². The van der Waals surface area contributed by atoms with E-state index in [1.54, 1.807) is 24.3 Å². The third-order valence-electron chi connectivity index (χ3n) is 20.1. The number of ether oxygens (including phenoxy) is 1. The molecule has 12 unspecified atom stereocenters. The Labute approximate surface area is 508 Å². The lowest BCUT2D eigenvalue weighted by atomic mass is 9.52. The lowest BCUT2D eigenvalue weighted by molar-refractivity contribution is -0.168. The van der Waals surface area contributed by atoms with Crippen LogP contribution in [0.2, 0.25) is 0 Å². The van der Waals surface area contributed by atoms with Gasteiger partial charge in [0.15, 0.2) is 11.7 Å². The maximum absolute atomic E-state index is 15.3. The van der Waals surface area contributed by atoms with Gasteiger partial charge >= 0.3 is 0 Å². The molecule has 0 aromatic heterocycles. The number of rotatable bonds is 8. The topological polar surface area (TPSA) is 291 Å². The van der Waals surface area contributed by atoms with Gasteiger partial charge in [0.2, 0.25) is 5.91 Å². The summed E-state index contributed by atoms with van der Waals surface area (Å²) in [7, 11) is 0. The van der Waals surface area contributed by atoms with Crippen molar-refractivity contribution in [2.75, 3.05) is 32.8 Å². The molecule has 0 saturated heterocycles. The zero-order valence-electron chi connectivity index (χ0n) is 50.6. The number of β-amino-alcohol motifs (C(OH)–C–C–N with tert-alkyl or cyclic N) is 1. The largest absolute Gasteiger partial charge is 0.508 e. The smallest absolute Gasteiger partial charge is 0.243 e. The van der Waals surface area contributed by atoms with Gasteiger partial charge in [-0.1, -0.05) is 128 Å². The SMILES string of the molecule is C=C1C=CC=C(C2CCC3(C4CCC(O)Cc5cccc(c5)CC(C(CN=C(N)N)c5ccc(O)cc5)C(O)CNC5C(=O)NC(N)c6cccc(c65)CC(=O)C(C)=C4CCC3(C)O)C2O)COCC#CCC(C)=CCC1(O)NCC1CCCCC1. The zero-order valence-corrected chi connectivity index (χ0v) is 50.6. The summed E-state index contributed by atoms with van der Waals surface area (Å²) in [4.78, 5) is 33.9. The molecule has 3 fully saturated rings. The van der Waals surface area contributed by atoms with Crippen LogP contribution in [0.1, 0.15) is 156 Å². The number of phenolic OH excluding ortho intramolecular Hbond substituents is 1.